The second-order valence-electron chi connectivity index (χ2n) is 5.17. The summed E-state index contributed by atoms with van der Waals surface area (Å²) in [5.74, 6) is -0.313. The third-order valence-corrected chi connectivity index (χ3v) is 3.40. The quantitative estimate of drug-likeness (QED) is 0.490. The zero-order valence-corrected chi connectivity index (χ0v) is 12.8. The first-order valence-electron chi connectivity index (χ1n) is 7.13. The number of aromatic amines is 3. The largest absolute Gasteiger partial charge is 0.378 e. The maximum absolute atomic E-state index is 12.2. The summed E-state index contributed by atoms with van der Waals surface area (Å²) in [6.45, 7) is 0.663. The van der Waals surface area contributed by atoms with Crippen LogP contribution in [0.4, 0.5) is 0 Å². The van der Waals surface area contributed by atoms with Crippen LogP contribution in [0.2, 0.25) is 0 Å². The van der Waals surface area contributed by atoms with Crippen molar-refractivity contribution in [2.75, 3.05) is 7.11 Å². The highest BCUT2D eigenvalue weighted by atomic mass is 16.5. The van der Waals surface area contributed by atoms with Gasteiger partial charge in [0.2, 0.25) is 0 Å². The fourth-order valence-corrected chi connectivity index (χ4v) is 2.26. The number of nitrogens with zero attached hydrogens (tertiary/aromatic N) is 1. The van der Waals surface area contributed by atoms with Gasteiger partial charge in [-0.25, -0.2) is 0 Å². The van der Waals surface area contributed by atoms with Gasteiger partial charge in [-0.05, 0) is 24.3 Å². The Bertz CT molecular complexity index is 1000. The summed E-state index contributed by atoms with van der Waals surface area (Å²) in [6, 6.07) is 6.43. The molecule has 0 aliphatic heterocycles. The Labute approximate surface area is 135 Å². The van der Waals surface area contributed by atoms with E-state index in [9.17, 15) is 14.4 Å². The van der Waals surface area contributed by atoms with Crippen molar-refractivity contribution in [1.82, 2.24) is 25.5 Å². The van der Waals surface area contributed by atoms with E-state index in [-0.39, 0.29) is 12.5 Å². The molecule has 2 heterocycles. The number of H-pyrrole nitrogens is 3. The molecule has 24 heavy (non-hydrogen) atoms. The van der Waals surface area contributed by atoms with Crippen molar-refractivity contribution in [3.05, 3.63) is 61.9 Å². The lowest BCUT2D eigenvalue weighted by Crippen LogP contribution is -2.29. The van der Waals surface area contributed by atoms with E-state index >= 15 is 0 Å². The van der Waals surface area contributed by atoms with Crippen molar-refractivity contribution in [2.45, 2.75) is 13.2 Å². The molecule has 0 saturated carbocycles. The first-order chi connectivity index (χ1) is 11.6. The maximum atomic E-state index is 12.2. The number of carbonyl (C=O) groups excluding carboxylic acids is 1. The molecule has 2 aromatic heterocycles. The standard InChI is InChI=1S/C15H15N5O4/c1-24-7-10-5-9(19-20-10)6-16-13(21)8-2-3-11-12(4-8)18-15(23)14(22)17-11/h2-5H,6-7H2,1H3,(H,16,21)(H,17,22)(H,18,23)(H,19,20). The topological polar surface area (TPSA) is 133 Å². The van der Waals surface area contributed by atoms with Gasteiger partial charge < -0.3 is 20.0 Å². The van der Waals surface area contributed by atoms with Crippen LogP contribution in [0.1, 0.15) is 21.7 Å². The molecule has 3 aromatic rings. The van der Waals surface area contributed by atoms with Crippen LogP contribution in [0, 0.1) is 0 Å². The van der Waals surface area contributed by atoms with Crippen LogP contribution in [-0.4, -0.2) is 33.2 Å². The van der Waals surface area contributed by atoms with Gasteiger partial charge in [0.15, 0.2) is 0 Å². The van der Waals surface area contributed by atoms with Crippen molar-refractivity contribution in [3.8, 4) is 0 Å². The van der Waals surface area contributed by atoms with Crippen LogP contribution in [0.3, 0.4) is 0 Å². The number of ether oxygens (including phenoxy) is 1. The molecule has 9 nitrogen and oxygen atoms in total. The van der Waals surface area contributed by atoms with E-state index in [1.807, 2.05) is 0 Å². The predicted molar refractivity (Wildman–Crippen MR) is 85.7 cm³/mol. The number of aromatic nitrogens is 4. The SMILES string of the molecule is COCc1cc(CNC(=O)c2ccc3[nH]c(=O)c(=O)[nH]c3c2)[nH]n1. The van der Waals surface area contributed by atoms with Gasteiger partial charge in [0.1, 0.15) is 0 Å². The minimum absolute atomic E-state index is 0.274. The van der Waals surface area contributed by atoms with Gasteiger partial charge >= 0.3 is 11.1 Å². The summed E-state index contributed by atoms with van der Waals surface area (Å²) in [7, 11) is 1.58. The van der Waals surface area contributed by atoms with E-state index in [0.29, 0.717) is 23.2 Å². The number of benzene rings is 1. The summed E-state index contributed by atoms with van der Waals surface area (Å²) in [5.41, 5.74) is 1.20. The van der Waals surface area contributed by atoms with Crippen molar-refractivity contribution in [1.29, 1.82) is 0 Å². The highest BCUT2D eigenvalue weighted by Crippen LogP contribution is 2.09. The summed E-state index contributed by atoms with van der Waals surface area (Å²) in [4.78, 5) is 39.7. The molecule has 1 amide bonds. The van der Waals surface area contributed by atoms with Crippen LogP contribution in [-0.2, 0) is 17.9 Å². The Hall–Kier alpha value is -3.20. The molecule has 0 aliphatic rings. The number of nitrogens with one attached hydrogen (secondary N) is 4. The van der Waals surface area contributed by atoms with Crippen LogP contribution < -0.4 is 16.4 Å². The van der Waals surface area contributed by atoms with E-state index < -0.39 is 11.1 Å². The molecule has 124 valence electrons. The third kappa shape index (κ3) is 3.25. The van der Waals surface area contributed by atoms with Crippen LogP contribution in [0.15, 0.2) is 33.9 Å². The Morgan fingerprint density at radius 3 is 2.67 bits per heavy atom. The van der Waals surface area contributed by atoms with Gasteiger partial charge in [-0.2, -0.15) is 5.10 Å². The molecule has 0 unspecified atom stereocenters. The summed E-state index contributed by atoms with van der Waals surface area (Å²) in [5, 5.41) is 9.60. The van der Waals surface area contributed by atoms with Crippen molar-refractivity contribution < 1.29 is 9.53 Å². The molecule has 0 radical (unpaired) electrons. The summed E-state index contributed by atoms with van der Waals surface area (Å²) >= 11 is 0. The molecule has 0 saturated heterocycles. The number of hydrogen-bond donors (Lipinski definition) is 4. The lowest BCUT2D eigenvalue weighted by Gasteiger charge is -2.05. The van der Waals surface area contributed by atoms with Gasteiger partial charge in [0, 0.05) is 12.7 Å². The minimum Gasteiger partial charge on any atom is -0.378 e. The summed E-state index contributed by atoms with van der Waals surface area (Å²) < 4.78 is 4.97. The van der Waals surface area contributed by atoms with E-state index in [1.165, 1.54) is 6.07 Å². The lowest BCUT2D eigenvalue weighted by atomic mass is 10.2. The number of fused-ring (bicyclic) bond motifs is 1. The van der Waals surface area contributed by atoms with Gasteiger partial charge in [-0.1, -0.05) is 0 Å². The molecule has 4 N–H and O–H groups in total. The molecule has 0 bridgehead atoms. The zero-order chi connectivity index (χ0) is 17.1. The normalized spacial score (nSPS) is 10.9. The number of amides is 1. The fraction of sp³-hybridized carbons (Fsp3) is 0.200. The summed E-state index contributed by atoms with van der Waals surface area (Å²) in [6.07, 6.45) is 0. The average molecular weight is 329 g/mol. The smallest absolute Gasteiger partial charge is 0.314 e. The average Bonchev–Trinajstić information content (AvgIpc) is 3.01. The fourth-order valence-electron chi connectivity index (χ4n) is 2.26. The van der Waals surface area contributed by atoms with E-state index in [4.69, 9.17) is 4.74 Å². The highest BCUT2D eigenvalue weighted by Gasteiger charge is 2.09. The Kier molecular flexibility index (Phi) is 4.25. The minimum atomic E-state index is -0.761. The zero-order valence-electron chi connectivity index (χ0n) is 12.8. The molecule has 0 atom stereocenters. The maximum Gasteiger partial charge on any atom is 0.314 e. The van der Waals surface area contributed by atoms with Crippen molar-refractivity contribution in [3.63, 3.8) is 0 Å². The Balaban J connectivity index is 1.74. The predicted octanol–water partition coefficient (Wildman–Crippen LogP) is 0.0159. The van der Waals surface area contributed by atoms with Crippen molar-refractivity contribution in [2.24, 2.45) is 0 Å². The Morgan fingerprint density at radius 2 is 1.92 bits per heavy atom. The first kappa shape index (κ1) is 15.7. The second kappa shape index (κ2) is 6.50. The molecule has 1 aromatic carbocycles. The molecule has 0 fully saturated rings. The Morgan fingerprint density at radius 1 is 1.17 bits per heavy atom. The monoisotopic (exact) mass is 329 g/mol. The van der Waals surface area contributed by atoms with Crippen LogP contribution in [0.25, 0.3) is 11.0 Å². The number of rotatable bonds is 5. The molecular formula is C15H15N5O4. The first-order valence-corrected chi connectivity index (χ1v) is 7.13. The van der Waals surface area contributed by atoms with Gasteiger partial charge in [-0.3, -0.25) is 19.5 Å². The number of carbonyl (C=O) groups is 1. The van der Waals surface area contributed by atoms with Crippen LogP contribution in [0.5, 0.6) is 0 Å². The molecule has 3 rings (SSSR count). The molecule has 9 heteroatoms. The lowest BCUT2D eigenvalue weighted by molar-refractivity contribution is 0.0950. The molecular weight excluding hydrogens is 314 g/mol. The van der Waals surface area contributed by atoms with Gasteiger partial charge in [0.25, 0.3) is 5.91 Å². The third-order valence-electron chi connectivity index (χ3n) is 3.40. The van der Waals surface area contributed by atoms with Gasteiger partial charge in [0.05, 0.1) is 35.6 Å². The van der Waals surface area contributed by atoms with E-state index in [2.05, 4.69) is 25.5 Å². The van der Waals surface area contributed by atoms with Gasteiger partial charge in [-0.15, -0.1) is 0 Å². The number of methoxy groups -OCH3 is 1. The highest BCUT2D eigenvalue weighted by molar-refractivity contribution is 5.97. The second-order valence-corrected chi connectivity index (χ2v) is 5.17. The molecule has 0 aliphatic carbocycles. The van der Waals surface area contributed by atoms with Crippen molar-refractivity contribution >= 4 is 16.9 Å². The number of hydrogen-bond acceptors (Lipinski definition) is 5. The van der Waals surface area contributed by atoms with E-state index in [1.54, 1.807) is 25.3 Å². The molecule has 0 spiro atoms. The van der Waals surface area contributed by atoms with E-state index in [0.717, 1.165) is 11.4 Å². The van der Waals surface area contributed by atoms with Crippen LogP contribution >= 0.6 is 0 Å².